The number of fused-ring (bicyclic) bond motifs is 2. The summed E-state index contributed by atoms with van der Waals surface area (Å²) >= 11 is 0. The normalized spacial score (nSPS) is 18.6. The zero-order chi connectivity index (χ0) is 13.5. The summed E-state index contributed by atoms with van der Waals surface area (Å²) < 4.78 is 19.6. The van der Waals surface area contributed by atoms with Crippen LogP contribution in [-0.4, -0.2) is 36.3 Å². The fraction of sp³-hybridized carbons (Fsp3) is 0.467. The molecule has 0 bridgehead atoms. The molecule has 0 radical (unpaired) electrons. The number of nitrogens with zero attached hydrogens (tertiary/aromatic N) is 3. The van der Waals surface area contributed by atoms with E-state index in [1.807, 2.05) is 11.0 Å². The second-order valence-electron chi connectivity index (χ2n) is 5.36. The van der Waals surface area contributed by atoms with Crippen LogP contribution in [0.5, 0.6) is 0 Å². The first-order chi connectivity index (χ1) is 9.81. The minimum Gasteiger partial charge on any atom is -0.378 e. The van der Waals surface area contributed by atoms with Crippen molar-refractivity contribution in [1.82, 2.24) is 9.97 Å². The van der Waals surface area contributed by atoms with Gasteiger partial charge in [0.15, 0.2) is 0 Å². The summed E-state index contributed by atoms with van der Waals surface area (Å²) in [5.74, 6) is -0.216. The fourth-order valence-electron chi connectivity index (χ4n) is 3.01. The van der Waals surface area contributed by atoms with Gasteiger partial charge in [-0.25, -0.2) is 14.4 Å². The van der Waals surface area contributed by atoms with E-state index in [0.717, 1.165) is 49.3 Å². The number of aromatic nitrogens is 2. The van der Waals surface area contributed by atoms with E-state index >= 15 is 0 Å². The van der Waals surface area contributed by atoms with Crippen LogP contribution in [0.15, 0.2) is 12.1 Å². The van der Waals surface area contributed by atoms with Crippen LogP contribution in [0.25, 0.3) is 11.0 Å². The van der Waals surface area contributed by atoms with Crippen molar-refractivity contribution in [2.75, 3.05) is 31.2 Å². The molecule has 0 unspecified atom stereocenters. The maximum atomic E-state index is 14.3. The first-order valence-electron chi connectivity index (χ1n) is 7.13. The molecule has 1 aromatic heterocycles. The first-order valence-corrected chi connectivity index (χ1v) is 7.13. The van der Waals surface area contributed by atoms with Gasteiger partial charge in [0.25, 0.3) is 0 Å². The Morgan fingerprint density at radius 1 is 1.00 bits per heavy atom. The molecule has 104 valence electrons. The summed E-state index contributed by atoms with van der Waals surface area (Å²) in [5.41, 5.74) is 4.20. The maximum Gasteiger partial charge on any atom is 0.148 e. The number of ether oxygens (including phenoxy) is 1. The Labute approximate surface area is 116 Å². The van der Waals surface area contributed by atoms with Gasteiger partial charge in [-0.15, -0.1) is 0 Å². The minimum absolute atomic E-state index is 0.216. The molecule has 1 saturated heterocycles. The van der Waals surface area contributed by atoms with Crippen LogP contribution in [0, 0.1) is 5.82 Å². The Morgan fingerprint density at radius 2 is 1.65 bits per heavy atom. The quantitative estimate of drug-likeness (QED) is 0.797. The average molecular weight is 273 g/mol. The van der Waals surface area contributed by atoms with Crippen LogP contribution in [-0.2, 0) is 17.6 Å². The first kappa shape index (κ1) is 12.0. The van der Waals surface area contributed by atoms with Crippen molar-refractivity contribution in [1.29, 1.82) is 0 Å². The molecule has 0 atom stereocenters. The molecule has 2 aliphatic rings. The molecule has 1 aliphatic heterocycles. The van der Waals surface area contributed by atoms with E-state index in [1.54, 1.807) is 0 Å². The van der Waals surface area contributed by atoms with Crippen LogP contribution in [0.2, 0.25) is 0 Å². The lowest BCUT2D eigenvalue weighted by Crippen LogP contribution is -2.36. The summed E-state index contributed by atoms with van der Waals surface area (Å²) in [6, 6.07) is 3.35. The molecule has 1 fully saturated rings. The highest BCUT2D eigenvalue weighted by molar-refractivity contribution is 5.79. The number of hydrogen-bond donors (Lipinski definition) is 0. The lowest BCUT2D eigenvalue weighted by Gasteiger charge is -2.29. The summed E-state index contributed by atoms with van der Waals surface area (Å²) in [6.45, 7) is 2.74. The van der Waals surface area contributed by atoms with E-state index in [0.29, 0.717) is 24.4 Å². The van der Waals surface area contributed by atoms with Crippen LogP contribution in [0.1, 0.15) is 17.8 Å². The Balaban J connectivity index is 1.82. The van der Waals surface area contributed by atoms with Gasteiger partial charge < -0.3 is 9.64 Å². The zero-order valence-electron chi connectivity index (χ0n) is 11.2. The zero-order valence-corrected chi connectivity index (χ0v) is 11.2. The number of halogens is 1. The third-order valence-electron chi connectivity index (χ3n) is 4.07. The third-order valence-corrected chi connectivity index (χ3v) is 4.07. The van der Waals surface area contributed by atoms with Crippen molar-refractivity contribution >= 4 is 16.7 Å². The third kappa shape index (κ3) is 1.93. The molecule has 1 aromatic carbocycles. The van der Waals surface area contributed by atoms with Crippen LogP contribution < -0.4 is 4.90 Å². The highest BCUT2D eigenvalue weighted by atomic mass is 19.1. The van der Waals surface area contributed by atoms with Crippen molar-refractivity contribution in [2.24, 2.45) is 0 Å². The summed E-state index contributed by atoms with van der Waals surface area (Å²) in [5, 5.41) is 0. The van der Waals surface area contributed by atoms with Crippen molar-refractivity contribution in [3.63, 3.8) is 0 Å². The van der Waals surface area contributed by atoms with E-state index in [-0.39, 0.29) is 5.82 Å². The highest BCUT2D eigenvalue weighted by Crippen LogP contribution is 2.27. The topological polar surface area (TPSA) is 38.2 Å². The van der Waals surface area contributed by atoms with Gasteiger partial charge in [-0.2, -0.15) is 0 Å². The molecule has 0 amide bonds. The largest absolute Gasteiger partial charge is 0.378 e. The van der Waals surface area contributed by atoms with E-state index in [9.17, 15) is 4.39 Å². The lowest BCUT2D eigenvalue weighted by atomic mass is 10.2. The van der Waals surface area contributed by atoms with E-state index in [2.05, 4.69) is 9.97 Å². The maximum absolute atomic E-state index is 14.3. The predicted octanol–water partition coefficient (Wildman–Crippen LogP) is 2.09. The van der Waals surface area contributed by atoms with Gasteiger partial charge in [0.2, 0.25) is 0 Å². The molecule has 0 saturated carbocycles. The molecule has 5 heteroatoms. The number of anilines is 1. The van der Waals surface area contributed by atoms with Gasteiger partial charge in [-0.3, -0.25) is 0 Å². The smallest absolute Gasteiger partial charge is 0.148 e. The molecule has 0 N–H and O–H groups in total. The van der Waals surface area contributed by atoms with Gasteiger partial charge in [-0.05, 0) is 25.3 Å². The predicted molar refractivity (Wildman–Crippen MR) is 74.6 cm³/mol. The number of aryl methyl sites for hydroxylation is 2. The fourth-order valence-corrected chi connectivity index (χ4v) is 3.01. The molecular formula is C15H16FN3O. The Kier molecular flexibility index (Phi) is 2.80. The van der Waals surface area contributed by atoms with Crippen molar-refractivity contribution in [3.05, 3.63) is 29.3 Å². The van der Waals surface area contributed by atoms with E-state index < -0.39 is 0 Å². The highest BCUT2D eigenvalue weighted by Gasteiger charge is 2.19. The van der Waals surface area contributed by atoms with Crippen LogP contribution in [0.3, 0.4) is 0 Å². The Bertz CT molecular complexity index is 668. The molecular weight excluding hydrogens is 257 g/mol. The number of benzene rings is 1. The van der Waals surface area contributed by atoms with E-state index in [4.69, 9.17) is 4.74 Å². The monoisotopic (exact) mass is 273 g/mol. The molecule has 0 spiro atoms. The van der Waals surface area contributed by atoms with Crippen LogP contribution in [0.4, 0.5) is 10.1 Å². The second-order valence-corrected chi connectivity index (χ2v) is 5.36. The van der Waals surface area contributed by atoms with Gasteiger partial charge in [0.1, 0.15) is 5.82 Å². The van der Waals surface area contributed by atoms with Gasteiger partial charge in [-0.1, -0.05) is 0 Å². The van der Waals surface area contributed by atoms with Crippen molar-refractivity contribution in [2.45, 2.75) is 19.3 Å². The Morgan fingerprint density at radius 3 is 2.35 bits per heavy atom. The number of rotatable bonds is 1. The summed E-state index contributed by atoms with van der Waals surface area (Å²) in [4.78, 5) is 11.2. The van der Waals surface area contributed by atoms with Gasteiger partial charge in [0, 0.05) is 19.2 Å². The average Bonchev–Trinajstić information content (AvgIpc) is 2.92. The molecule has 1 aliphatic carbocycles. The lowest BCUT2D eigenvalue weighted by molar-refractivity contribution is 0.122. The summed E-state index contributed by atoms with van der Waals surface area (Å²) in [7, 11) is 0. The summed E-state index contributed by atoms with van der Waals surface area (Å²) in [6.07, 6.45) is 3.05. The van der Waals surface area contributed by atoms with E-state index in [1.165, 1.54) is 6.07 Å². The SMILES string of the molecule is Fc1cc2nc3c(nc2cc1N1CCOCC1)CCC3. The molecule has 4 rings (SSSR count). The number of morpholine rings is 1. The minimum atomic E-state index is -0.216. The van der Waals surface area contributed by atoms with Gasteiger partial charge in [0.05, 0.1) is 41.3 Å². The second kappa shape index (κ2) is 4.66. The molecule has 4 nitrogen and oxygen atoms in total. The molecule has 2 aromatic rings. The van der Waals surface area contributed by atoms with Gasteiger partial charge >= 0.3 is 0 Å². The Hall–Kier alpha value is -1.75. The number of hydrogen-bond acceptors (Lipinski definition) is 4. The van der Waals surface area contributed by atoms with Crippen molar-refractivity contribution < 1.29 is 9.13 Å². The van der Waals surface area contributed by atoms with Crippen LogP contribution >= 0.6 is 0 Å². The van der Waals surface area contributed by atoms with Crippen molar-refractivity contribution in [3.8, 4) is 0 Å². The molecule has 2 heterocycles. The molecule has 20 heavy (non-hydrogen) atoms. The standard InChI is InChI=1S/C15H16FN3O/c16-10-8-13-14(18-12-3-1-2-11(12)17-13)9-15(10)19-4-6-20-7-5-19/h8-9H,1-7H2.